The second kappa shape index (κ2) is 4.36. The van der Waals surface area contributed by atoms with Crippen molar-refractivity contribution in [3.8, 4) is 0 Å². The number of rotatable bonds is 3. The largest absolute Gasteiger partial charge is 0.465 e. The molecule has 1 atom stereocenters. The maximum atomic E-state index is 11.2. The van der Waals surface area contributed by atoms with Crippen molar-refractivity contribution < 1.29 is 14.6 Å². The molecule has 0 unspecified atom stereocenters. The van der Waals surface area contributed by atoms with Crippen molar-refractivity contribution in [3.63, 3.8) is 0 Å². The number of nitrogens with two attached hydrogens (primary N) is 1. The second-order valence-corrected chi connectivity index (χ2v) is 3.36. The summed E-state index contributed by atoms with van der Waals surface area (Å²) in [5.74, 6) is -0.433. The summed E-state index contributed by atoms with van der Waals surface area (Å²) >= 11 is 1.24. The Labute approximate surface area is 79.9 Å². The average molecular weight is 201 g/mol. The maximum Gasteiger partial charge on any atom is 0.348 e. The van der Waals surface area contributed by atoms with Crippen LogP contribution in [0.2, 0.25) is 0 Å². The van der Waals surface area contributed by atoms with Gasteiger partial charge in [0.25, 0.3) is 0 Å². The number of aliphatic hydroxyl groups is 1. The molecule has 0 aliphatic heterocycles. The number of hydrogen-bond acceptors (Lipinski definition) is 5. The predicted octanol–water partition coefficient (Wildman–Crippen LogP) is 0.527. The highest BCUT2D eigenvalue weighted by atomic mass is 32.1. The molecule has 0 spiro atoms. The van der Waals surface area contributed by atoms with Crippen LogP contribution in [0, 0.1) is 0 Å². The van der Waals surface area contributed by atoms with Gasteiger partial charge in [-0.25, -0.2) is 4.79 Å². The van der Waals surface area contributed by atoms with E-state index in [0.717, 1.165) is 0 Å². The van der Waals surface area contributed by atoms with Crippen molar-refractivity contribution in [2.24, 2.45) is 5.73 Å². The zero-order valence-corrected chi connectivity index (χ0v) is 8.00. The summed E-state index contributed by atoms with van der Waals surface area (Å²) in [5, 5.41) is 11.1. The first kappa shape index (κ1) is 10.2. The Hall–Kier alpha value is -0.910. The fraction of sp³-hybridized carbons (Fsp3) is 0.375. The summed E-state index contributed by atoms with van der Waals surface area (Å²) < 4.78 is 4.55. The van der Waals surface area contributed by atoms with Gasteiger partial charge in [-0.3, -0.25) is 0 Å². The van der Waals surface area contributed by atoms with Gasteiger partial charge in [0.15, 0.2) is 0 Å². The van der Waals surface area contributed by atoms with Crippen molar-refractivity contribution in [3.05, 3.63) is 21.9 Å². The average Bonchev–Trinajstić information content (AvgIpc) is 2.63. The van der Waals surface area contributed by atoms with Crippen LogP contribution in [0.3, 0.4) is 0 Å². The molecule has 0 bridgehead atoms. The van der Waals surface area contributed by atoms with Crippen molar-refractivity contribution in [2.75, 3.05) is 13.7 Å². The van der Waals surface area contributed by atoms with E-state index in [0.29, 0.717) is 10.4 Å². The van der Waals surface area contributed by atoms with E-state index in [1.165, 1.54) is 18.4 Å². The third-order valence-electron chi connectivity index (χ3n) is 1.65. The van der Waals surface area contributed by atoms with E-state index in [2.05, 4.69) is 4.74 Å². The predicted molar refractivity (Wildman–Crippen MR) is 49.7 cm³/mol. The summed E-state index contributed by atoms with van der Waals surface area (Å²) in [7, 11) is 1.31. The molecule has 0 aromatic carbocycles. The molecule has 1 rings (SSSR count). The lowest BCUT2D eigenvalue weighted by molar-refractivity contribution is 0.0600. The Morgan fingerprint density at radius 3 is 3.08 bits per heavy atom. The Bertz CT molecular complexity index is 297. The molecule has 3 N–H and O–H groups in total. The van der Waals surface area contributed by atoms with Gasteiger partial charge in [-0.1, -0.05) is 0 Å². The number of ether oxygens (including phenoxy) is 1. The Kier molecular flexibility index (Phi) is 3.41. The smallest absolute Gasteiger partial charge is 0.348 e. The van der Waals surface area contributed by atoms with E-state index >= 15 is 0 Å². The molecule has 1 heterocycles. The van der Waals surface area contributed by atoms with Crippen molar-refractivity contribution in [2.45, 2.75) is 6.10 Å². The number of carbonyl (C=O) groups excluding carboxylic acids is 1. The Balaban J connectivity index is 2.95. The first-order valence-corrected chi connectivity index (χ1v) is 4.62. The van der Waals surface area contributed by atoms with Gasteiger partial charge in [-0.15, -0.1) is 11.3 Å². The molecule has 4 nitrogen and oxygen atoms in total. The fourth-order valence-corrected chi connectivity index (χ4v) is 1.84. The van der Waals surface area contributed by atoms with Gasteiger partial charge in [0, 0.05) is 12.1 Å². The molecule has 0 fully saturated rings. The Morgan fingerprint density at radius 1 is 1.85 bits per heavy atom. The molecule has 0 saturated heterocycles. The van der Waals surface area contributed by atoms with Crippen LogP contribution in [0.25, 0.3) is 0 Å². The van der Waals surface area contributed by atoms with Crippen LogP contribution < -0.4 is 5.73 Å². The van der Waals surface area contributed by atoms with Crippen LogP contribution in [-0.2, 0) is 4.74 Å². The summed E-state index contributed by atoms with van der Waals surface area (Å²) in [6.45, 7) is 0.0979. The highest BCUT2D eigenvalue weighted by Crippen LogP contribution is 2.23. The van der Waals surface area contributed by atoms with Crippen LogP contribution in [-0.4, -0.2) is 24.7 Å². The summed E-state index contributed by atoms with van der Waals surface area (Å²) in [4.78, 5) is 11.6. The molecule has 1 aromatic heterocycles. The van der Waals surface area contributed by atoms with Crippen LogP contribution in [0.5, 0.6) is 0 Å². The van der Waals surface area contributed by atoms with Crippen LogP contribution >= 0.6 is 11.3 Å². The number of esters is 1. The van der Waals surface area contributed by atoms with Gasteiger partial charge in [0.1, 0.15) is 4.88 Å². The number of carbonyl (C=O) groups is 1. The van der Waals surface area contributed by atoms with Crippen molar-refractivity contribution in [1.29, 1.82) is 0 Å². The van der Waals surface area contributed by atoms with Crippen molar-refractivity contribution in [1.82, 2.24) is 0 Å². The number of thiophene rings is 1. The lowest BCUT2D eigenvalue weighted by Crippen LogP contribution is -2.14. The summed E-state index contributed by atoms with van der Waals surface area (Å²) in [6.07, 6.45) is -0.791. The van der Waals surface area contributed by atoms with Gasteiger partial charge in [0.05, 0.1) is 13.2 Å². The van der Waals surface area contributed by atoms with E-state index in [1.807, 2.05) is 0 Å². The fourth-order valence-electron chi connectivity index (χ4n) is 0.967. The zero-order valence-electron chi connectivity index (χ0n) is 7.19. The van der Waals surface area contributed by atoms with Crippen LogP contribution in [0.1, 0.15) is 21.3 Å². The molecule has 0 aliphatic rings. The van der Waals surface area contributed by atoms with Gasteiger partial charge < -0.3 is 15.6 Å². The van der Waals surface area contributed by atoms with Crippen LogP contribution in [0.4, 0.5) is 0 Å². The standard InChI is InChI=1S/C8H11NO3S/c1-12-8(11)7-5(2-3-13-7)6(10)4-9/h2-3,6,10H,4,9H2,1H3/t6-/m1/s1. The molecule has 0 saturated carbocycles. The minimum absolute atomic E-state index is 0.0979. The van der Waals surface area contributed by atoms with Gasteiger partial charge in [0.2, 0.25) is 0 Å². The van der Waals surface area contributed by atoms with Gasteiger partial charge >= 0.3 is 5.97 Å². The maximum absolute atomic E-state index is 11.2. The zero-order chi connectivity index (χ0) is 9.84. The SMILES string of the molecule is COC(=O)c1sccc1[C@H](O)CN. The van der Waals surface area contributed by atoms with E-state index in [9.17, 15) is 9.90 Å². The van der Waals surface area contributed by atoms with E-state index in [1.54, 1.807) is 11.4 Å². The first-order valence-electron chi connectivity index (χ1n) is 3.74. The quantitative estimate of drug-likeness (QED) is 0.699. The third-order valence-corrected chi connectivity index (χ3v) is 2.56. The highest BCUT2D eigenvalue weighted by molar-refractivity contribution is 7.12. The molecular formula is C8H11NO3S. The topological polar surface area (TPSA) is 72.5 Å². The third kappa shape index (κ3) is 2.06. The number of aliphatic hydroxyl groups excluding tert-OH is 1. The van der Waals surface area contributed by atoms with Gasteiger partial charge in [-0.05, 0) is 11.4 Å². The molecule has 1 aromatic rings. The molecular weight excluding hydrogens is 190 g/mol. The highest BCUT2D eigenvalue weighted by Gasteiger charge is 2.18. The number of methoxy groups -OCH3 is 1. The van der Waals surface area contributed by atoms with Gasteiger partial charge in [-0.2, -0.15) is 0 Å². The summed E-state index contributed by atoms with van der Waals surface area (Å²) in [6, 6.07) is 1.68. The normalized spacial score (nSPS) is 12.5. The van der Waals surface area contributed by atoms with Crippen LogP contribution in [0.15, 0.2) is 11.4 Å². The molecule has 0 amide bonds. The molecule has 72 valence electrons. The van der Waals surface area contributed by atoms with E-state index < -0.39 is 12.1 Å². The summed E-state index contributed by atoms with van der Waals surface area (Å²) in [5.41, 5.74) is 5.82. The first-order chi connectivity index (χ1) is 6.20. The van der Waals surface area contributed by atoms with E-state index in [-0.39, 0.29) is 6.54 Å². The molecule has 13 heavy (non-hydrogen) atoms. The Morgan fingerprint density at radius 2 is 2.54 bits per heavy atom. The lowest BCUT2D eigenvalue weighted by Gasteiger charge is -2.07. The monoisotopic (exact) mass is 201 g/mol. The second-order valence-electron chi connectivity index (χ2n) is 2.45. The minimum atomic E-state index is -0.791. The molecule has 0 radical (unpaired) electrons. The molecule has 5 heteroatoms. The number of hydrogen-bond donors (Lipinski definition) is 2. The minimum Gasteiger partial charge on any atom is -0.465 e. The lowest BCUT2D eigenvalue weighted by atomic mass is 10.1. The van der Waals surface area contributed by atoms with E-state index in [4.69, 9.17) is 5.73 Å². The molecule has 0 aliphatic carbocycles. The van der Waals surface area contributed by atoms with Crippen molar-refractivity contribution >= 4 is 17.3 Å².